The van der Waals surface area contributed by atoms with Gasteiger partial charge in [0.05, 0.1) is 0 Å². The third kappa shape index (κ3) is 4.30. The number of aryl methyl sites for hydroxylation is 1. The fourth-order valence-electron chi connectivity index (χ4n) is 1.84. The van der Waals surface area contributed by atoms with Crippen molar-refractivity contribution in [2.24, 2.45) is 0 Å². The van der Waals surface area contributed by atoms with Gasteiger partial charge < -0.3 is 10.1 Å². The monoisotopic (exact) mass is 357 g/mol. The summed E-state index contributed by atoms with van der Waals surface area (Å²) in [5.74, 6) is 0.236. The molecule has 0 spiro atoms. The van der Waals surface area contributed by atoms with Gasteiger partial charge in [-0.1, -0.05) is 22.9 Å². The Labute approximate surface area is 131 Å². The maximum atomic E-state index is 13.3. The van der Waals surface area contributed by atoms with E-state index < -0.39 is 0 Å². The first kappa shape index (κ1) is 15.5. The Kier molecular flexibility index (Phi) is 5.57. The Balaban J connectivity index is 2.01. The lowest BCUT2D eigenvalue weighted by molar-refractivity contribution is 0.304. The van der Waals surface area contributed by atoms with Gasteiger partial charge in [0.15, 0.2) is 0 Å². The highest BCUT2D eigenvalue weighted by Crippen LogP contribution is 2.25. The molecule has 0 aliphatic rings. The highest BCUT2D eigenvalue weighted by atomic mass is 79.9. The van der Waals surface area contributed by atoms with Crippen LogP contribution in [0, 0.1) is 12.7 Å². The molecule has 0 bridgehead atoms. The normalized spacial score (nSPS) is 10.8. The summed E-state index contributed by atoms with van der Waals surface area (Å²) < 4.78 is 19.6. The SMILES string of the molecule is CCNCc1cc(COc2cc(F)cc(Br)c2)c(C)s1. The number of hydrogen-bond donors (Lipinski definition) is 1. The first-order valence-corrected chi connectivity index (χ1v) is 8.07. The molecule has 0 fully saturated rings. The Morgan fingerprint density at radius 1 is 1.30 bits per heavy atom. The van der Waals surface area contributed by atoms with Crippen molar-refractivity contribution in [3.63, 3.8) is 0 Å². The average Bonchev–Trinajstić information content (AvgIpc) is 2.73. The summed E-state index contributed by atoms with van der Waals surface area (Å²) in [4.78, 5) is 2.54. The fraction of sp³-hybridized carbons (Fsp3) is 0.333. The summed E-state index contributed by atoms with van der Waals surface area (Å²) >= 11 is 5.03. The van der Waals surface area contributed by atoms with Gasteiger partial charge >= 0.3 is 0 Å². The van der Waals surface area contributed by atoms with Crippen LogP contribution in [0.1, 0.15) is 22.2 Å². The van der Waals surface area contributed by atoms with Gasteiger partial charge in [-0.05, 0) is 31.7 Å². The van der Waals surface area contributed by atoms with Crippen molar-refractivity contribution in [1.29, 1.82) is 0 Å². The van der Waals surface area contributed by atoms with Crippen LogP contribution in [0.25, 0.3) is 0 Å². The van der Waals surface area contributed by atoms with E-state index in [1.165, 1.54) is 21.9 Å². The largest absolute Gasteiger partial charge is 0.489 e. The summed E-state index contributed by atoms with van der Waals surface area (Å²) in [5.41, 5.74) is 1.16. The Bertz CT molecular complexity index is 565. The molecule has 20 heavy (non-hydrogen) atoms. The van der Waals surface area contributed by atoms with Crippen LogP contribution >= 0.6 is 27.3 Å². The minimum atomic E-state index is -0.302. The van der Waals surface area contributed by atoms with Gasteiger partial charge in [0.1, 0.15) is 18.2 Å². The molecular weight excluding hydrogens is 341 g/mol. The average molecular weight is 358 g/mol. The smallest absolute Gasteiger partial charge is 0.128 e. The second-order valence-electron chi connectivity index (χ2n) is 4.47. The summed E-state index contributed by atoms with van der Waals surface area (Å²) in [6.45, 7) is 6.48. The van der Waals surface area contributed by atoms with Crippen molar-refractivity contribution in [3.05, 3.63) is 49.9 Å². The van der Waals surface area contributed by atoms with E-state index in [0.29, 0.717) is 16.8 Å². The summed E-state index contributed by atoms with van der Waals surface area (Å²) in [7, 11) is 0. The van der Waals surface area contributed by atoms with Crippen molar-refractivity contribution in [2.45, 2.75) is 27.0 Å². The van der Waals surface area contributed by atoms with E-state index in [1.54, 1.807) is 17.4 Å². The number of ether oxygens (including phenoxy) is 1. The molecule has 5 heteroatoms. The number of nitrogens with one attached hydrogen (secondary N) is 1. The predicted molar refractivity (Wildman–Crippen MR) is 84.9 cm³/mol. The molecule has 0 unspecified atom stereocenters. The van der Waals surface area contributed by atoms with E-state index in [4.69, 9.17) is 4.74 Å². The molecule has 108 valence electrons. The second kappa shape index (κ2) is 7.20. The van der Waals surface area contributed by atoms with Gasteiger partial charge in [-0.25, -0.2) is 4.39 Å². The summed E-state index contributed by atoms with van der Waals surface area (Å²) in [6.07, 6.45) is 0. The maximum absolute atomic E-state index is 13.3. The van der Waals surface area contributed by atoms with E-state index >= 15 is 0 Å². The van der Waals surface area contributed by atoms with Crippen LogP contribution in [-0.4, -0.2) is 6.54 Å². The molecular formula is C15H17BrFNOS. The van der Waals surface area contributed by atoms with Crippen molar-refractivity contribution >= 4 is 27.3 Å². The number of halogens is 2. The summed E-state index contributed by atoms with van der Waals surface area (Å²) in [5, 5.41) is 3.31. The number of benzene rings is 1. The molecule has 1 N–H and O–H groups in total. The minimum Gasteiger partial charge on any atom is -0.489 e. The molecule has 2 aromatic rings. The van der Waals surface area contributed by atoms with Crippen LogP contribution in [0.15, 0.2) is 28.7 Å². The number of thiophene rings is 1. The molecule has 1 aromatic heterocycles. The third-order valence-corrected chi connectivity index (χ3v) is 4.40. The molecule has 0 amide bonds. The van der Waals surface area contributed by atoms with Gasteiger partial charge in [-0.3, -0.25) is 0 Å². The van der Waals surface area contributed by atoms with Crippen LogP contribution in [0.2, 0.25) is 0 Å². The van der Waals surface area contributed by atoms with E-state index in [2.05, 4.69) is 41.2 Å². The molecule has 1 aromatic carbocycles. The van der Waals surface area contributed by atoms with Crippen molar-refractivity contribution in [1.82, 2.24) is 5.32 Å². The van der Waals surface area contributed by atoms with Gasteiger partial charge in [-0.15, -0.1) is 11.3 Å². The maximum Gasteiger partial charge on any atom is 0.128 e. The van der Waals surface area contributed by atoms with E-state index in [0.717, 1.165) is 18.7 Å². The van der Waals surface area contributed by atoms with Crippen LogP contribution in [-0.2, 0) is 13.2 Å². The quantitative estimate of drug-likeness (QED) is 0.812. The molecule has 0 aliphatic carbocycles. The Hall–Kier alpha value is -0.910. The molecule has 2 nitrogen and oxygen atoms in total. The lowest BCUT2D eigenvalue weighted by Crippen LogP contribution is -2.10. The van der Waals surface area contributed by atoms with E-state index in [9.17, 15) is 4.39 Å². The highest BCUT2D eigenvalue weighted by molar-refractivity contribution is 9.10. The van der Waals surface area contributed by atoms with E-state index in [1.807, 2.05) is 0 Å². The van der Waals surface area contributed by atoms with Crippen LogP contribution < -0.4 is 10.1 Å². The zero-order valence-corrected chi connectivity index (χ0v) is 13.9. The first-order valence-electron chi connectivity index (χ1n) is 6.46. The number of rotatable bonds is 6. The van der Waals surface area contributed by atoms with Crippen molar-refractivity contribution < 1.29 is 9.13 Å². The summed E-state index contributed by atoms with van der Waals surface area (Å²) in [6, 6.07) is 6.73. The minimum absolute atomic E-state index is 0.302. The molecule has 0 aliphatic heterocycles. The second-order valence-corrected chi connectivity index (χ2v) is 6.72. The van der Waals surface area contributed by atoms with Crippen LogP contribution in [0.4, 0.5) is 4.39 Å². The Morgan fingerprint density at radius 2 is 2.10 bits per heavy atom. The first-order chi connectivity index (χ1) is 9.58. The Morgan fingerprint density at radius 3 is 2.80 bits per heavy atom. The molecule has 0 atom stereocenters. The standard InChI is InChI=1S/C15H17BrFNOS/c1-3-18-8-15-4-11(10(2)20-15)9-19-14-6-12(16)5-13(17)7-14/h4-7,18H,3,8-9H2,1-2H3. The van der Waals surface area contributed by atoms with Gasteiger partial charge in [-0.2, -0.15) is 0 Å². The third-order valence-electron chi connectivity index (χ3n) is 2.85. The van der Waals surface area contributed by atoms with Gasteiger partial charge in [0.25, 0.3) is 0 Å². The fourth-order valence-corrected chi connectivity index (χ4v) is 3.30. The molecule has 1 heterocycles. The number of hydrogen-bond acceptors (Lipinski definition) is 3. The van der Waals surface area contributed by atoms with Crippen LogP contribution in [0.5, 0.6) is 5.75 Å². The predicted octanol–water partition coefficient (Wildman–Crippen LogP) is 4.65. The highest BCUT2D eigenvalue weighted by Gasteiger charge is 2.07. The van der Waals surface area contributed by atoms with Gasteiger partial charge in [0.2, 0.25) is 0 Å². The van der Waals surface area contributed by atoms with Crippen molar-refractivity contribution in [3.8, 4) is 5.75 Å². The van der Waals surface area contributed by atoms with Gasteiger partial charge in [0, 0.05) is 32.4 Å². The van der Waals surface area contributed by atoms with Crippen molar-refractivity contribution in [2.75, 3.05) is 6.54 Å². The van der Waals surface area contributed by atoms with Crippen LogP contribution in [0.3, 0.4) is 0 Å². The molecule has 0 saturated heterocycles. The lowest BCUT2D eigenvalue weighted by atomic mass is 10.2. The zero-order chi connectivity index (χ0) is 14.5. The van der Waals surface area contributed by atoms with E-state index in [-0.39, 0.29) is 5.82 Å². The topological polar surface area (TPSA) is 21.3 Å². The molecule has 0 radical (unpaired) electrons. The molecule has 2 rings (SSSR count). The molecule has 0 saturated carbocycles. The zero-order valence-electron chi connectivity index (χ0n) is 11.5. The lowest BCUT2D eigenvalue weighted by Gasteiger charge is -2.06.